The molecule has 2 heterocycles. The second-order valence-corrected chi connectivity index (χ2v) is 5.97. The number of rotatable bonds is 5. The molecule has 4 nitrogen and oxygen atoms in total. The first kappa shape index (κ1) is 14.0. The van der Waals surface area contributed by atoms with Crippen LogP contribution in [0.4, 0.5) is 0 Å². The third-order valence-corrected chi connectivity index (χ3v) is 4.31. The Balaban J connectivity index is 1.97. The van der Waals surface area contributed by atoms with Crippen LogP contribution in [0.25, 0.3) is 0 Å². The molecule has 5 heteroatoms. The second kappa shape index (κ2) is 6.68. The topological polar surface area (TPSA) is 39.1 Å². The average Bonchev–Trinajstić information content (AvgIpc) is 2.71. The largest absolute Gasteiger partial charge is 0.383 e. The first-order valence-corrected chi connectivity index (χ1v) is 7.42. The molecule has 1 saturated heterocycles. The maximum atomic E-state index is 5.13. The number of nitrogens with zero attached hydrogens (tertiary/aromatic N) is 2. The Morgan fingerprint density at radius 2 is 2.39 bits per heavy atom. The van der Waals surface area contributed by atoms with Crippen molar-refractivity contribution in [3.05, 3.63) is 16.4 Å². The Kier molecular flexibility index (Phi) is 5.21. The fraction of sp³-hybridized carbons (Fsp3) is 0.769. The van der Waals surface area contributed by atoms with Crippen molar-refractivity contribution in [1.29, 1.82) is 0 Å². The van der Waals surface area contributed by atoms with Crippen molar-refractivity contribution in [2.45, 2.75) is 38.8 Å². The van der Waals surface area contributed by atoms with E-state index in [0.717, 1.165) is 29.9 Å². The highest BCUT2D eigenvalue weighted by atomic mass is 79.9. The highest BCUT2D eigenvalue weighted by Gasteiger charge is 2.20. The summed E-state index contributed by atoms with van der Waals surface area (Å²) < 4.78 is 8.31. The van der Waals surface area contributed by atoms with Crippen LogP contribution in [0.5, 0.6) is 0 Å². The smallest absolute Gasteiger partial charge is 0.0658 e. The standard InChI is InChI=1S/C13H22BrN3O/c1-10-3-4-11(8-15-10)7-13-12(14)9-16-17(13)5-6-18-2/h9-11,15H,3-8H2,1-2H3. The first-order valence-electron chi connectivity index (χ1n) is 6.63. The minimum Gasteiger partial charge on any atom is -0.383 e. The van der Waals surface area contributed by atoms with Gasteiger partial charge in [-0.25, -0.2) is 0 Å². The van der Waals surface area contributed by atoms with Crippen molar-refractivity contribution in [3.63, 3.8) is 0 Å². The van der Waals surface area contributed by atoms with Crippen LogP contribution in [0.3, 0.4) is 0 Å². The van der Waals surface area contributed by atoms with E-state index in [2.05, 4.69) is 38.0 Å². The zero-order valence-electron chi connectivity index (χ0n) is 11.2. The van der Waals surface area contributed by atoms with Gasteiger partial charge in [0.05, 0.1) is 29.5 Å². The molecule has 0 amide bonds. The normalized spacial score (nSPS) is 24.4. The molecule has 1 N–H and O–H groups in total. The zero-order valence-corrected chi connectivity index (χ0v) is 12.7. The van der Waals surface area contributed by atoms with Crippen LogP contribution in [0.15, 0.2) is 10.7 Å². The summed E-state index contributed by atoms with van der Waals surface area (Å²) in [5, 5.41) is 7.96. The molecule has 1 aromatic heterocycles. The van der Waals surface area contributed by atoms with E-state index in [0.29, 0.717) is 12.6 Å². The molecule has 0 aromatic carbocycles. The molecule has 1 fully saturated rings. The molecule has 0 radical (unpaired) electrons. The van der Waals surface area contributed by atoms with E-state index >= 15 is 0 Å². The summed E-state index contributed by atoms with van der Waals surface area (Å²) in [5.74, 6) is 0.718. The van der Waals surface area contributed by atoms with Crippen molar-refractivity contribution < 1.29 is 4.74 Å². The van der Waals surface area contributed by atoms with Crippen LogP contribution >= 0.6 is 15.9 Å². The molecular weight excluding hydrogens is 294 g/mol. The summed E-state index contributed by atoms with van der Waals surface area (Å²) >= 11 is 3.60. The predicted molar refractivity (Wildman–Crippen MR) is 75.7 cm³/mol. The Bertz CT molecular complexity index is 372. The van der Waals surface area contributed by atoms with E-state index in [1.165, 1.54) is 18.5 Å². The van der Waals surface area contributed by atoms with Gasteiger partial charge in [0.15, 0.2) is 0 Å². The van der Waals surface area contributed by atoms with Gasteiger partial charge in [0.25, 0.3) is 0 Å². The monoisotopic (exact) mass is 315 g/mol. The molecule has 0 saturated carbocycles. The van der Waals surface area contributed by atoms with Gasteiger partial charge in [-0.2, -0.15) is 5.10 Å². The second-order valence-electron chi connectivity index (χ2n) is 5.11. The van der Waals surface area contributed by atoms with Crippen molar-refractivity contribution in [3.8, 4) is 0 Å². The van der Waals surface area contributed by atoms with E-state index in [1.807, 2.05) is 6.20 Å². The number of hydrogen-bond donors (Lipinski definition) is 1. The van der Waals surface area contributed by atoms with E-state index in [9.17, 15) is 0 Å². The molecule has 1 aliphatic heterocycles. The van der Waals surface area contributed by atoms with Gasteiger partial charge < -0.3 is 10.1 Å². The van der Waals surface area contributed by atoms with Gasteiger partial charge in [-0.1, -0.05) is 0 Å². The van der Waals surface area contributed by atoms with Gasteiger partial charge in [0.1, 0.15) is 0 Å². The maximum absolute atomic E-state index is 5.13. The SMILES string of the molecule is COCCn1ncc(Br)c1CC1CCC(C)NC1. The Labute approximate surface area is 117 Å². The lowest BCUT2D eigenvalue weighted by atomic mass is 9.91. The molecule has 0 spiro atoms. The van der Waals surface area contributed by atoms with Crippen LogP contribution in [-0.4, -0.2) is 36.1 Å². The number of hydrogen-bond acceptors (Lipinski definition) is 3. The number of aromatic nitrogens is 2. The Hall–Kier alpha value is -0.390. The zero-order chi connectivity index (χ0) is 13.0. The number of piperidine rings is 1. The highest BCUT2D eigenvalue weighted by molar-refractivity contribution is 9.10. The molecular formula is C13H22BrN3O. The Morgan fingerprint density at radius 1 is 1.56 bits per heavy atom. The summed E-state index contributed by atoms with van der Waals surface area (Å²) in [7, 11) is 1.73. The fourth-order valence-electron chi connectivity index (χ4n) is 2.47. The van der Waals surface area contributed by atoms with E-state index in [4.69, 9.17) is 4.74 Å². The van der Waals surface area contributed by atoms with Crippen molar-refractivity contribution in [2.24, 2.45) is 5.92 Å². The molecule has 102 valence electrons. The van der Waals surface area contributed by atoms with Gasteiger partial charge in [-0.3, -0.25) is 4.68 Å². The minimum atomic E-state index is 0.670. The fourth-order valence-corrected chi connectivity index (χ4v) is 2.92. The summed E-state index contributed by atoms with van der Waals surface area (Å²) in [6, 6.07) is 0.670. The average molecular weight is 316 g/mol. The number of halogens is 1. The van der Waals surface area contributed by atoms with E-state index < -0.39 is 0 Å². The molecule has 1 aliphatic rings. The van der Waals surface area contributed by atoms with Crippen LogP contribution in [0, 0.1) is 5.92 Å². The summed E-state index contributed by atoms with van der Waals surface area (Å²) in [6.45, 7) is 4.91. The lowest BCUT2D eigenvalue weighted by Gasteiger charge is -2.27. The van der Waals surface area contributed by atoms with E-state index in [-0.39, 0.29) is 0 Å². The van der Waals surface area contributed by atoms with Crippen LogP contribution in [0.2, 0.25) is 0 Å². The quantitative estimate of drug-likeness (QED) is 0.905. The minimum absolute atomic E-state index is 0.670. The molecule has 2 rings (SSSR count). The lowest BCUT2D eigenvalue weighted by Crippen LogP contribution is -2.37. The molecule has 1 aromatic rings. The van der Waals surface area contributed by atoms with Gasteiger partial charge >= 0.3 is 0 Å². The van der Waals surface area contributed by atoms with Gasteiger partial charge in [0.2, 0.25) is 0 Å². The third kappa shape index (κ3) is 3.56. The summed E-state index contributed by atoms with van der Waals surface area (Å²) in [6.07, 6.45) is 5.55. The first-order chi connectivity index (χ1) is 8.70. The Morgan fingerprint density at radius 3 is 3.06 bits per heavy atom. The number of nitrogens with one attached hydrogen (secondary N) is 1. The third-order valence-electron chi connectivity index (χ3n) is 3.65. The number of methoxy groups -OCH3 is 1. The van der Waals surface area contributed by atoms with Gasteiger partial charge in [0, 0.05) is 13.2 Å². The van der Waals surface area contributed by atoms with Gasteiger partial charge in [-0.05, 0) is 54.6 Å². The molecule has 2 atom stereocenters. The van der Waals surface area contributed by atoms with Gasteiger partial charge in [-0.15, -0.1) is 0 Å². The maximum Gasteiger partial charge on any atom is 0.0658 e. The molecule has 0 aliphatic carbocycles. The van der Waals surface area contributed by atoms with Crippen molar-refractivity contribution >= 4 is 15.9 Å². The van der Waals surface area contributed by atoms with Crippen molar-refractivity contribution in [2.75, 3.05) is 20.3 Å². The van der Waals surface area contributed by atoms with Crippen molar-refractivity contribution in [1.82, 2.24) is 15.1 Å². The molecule has 2 unspecified atom stereocenters. The lowest BCUT2D eigenvalue weighted by molar-refractivity contribution is 0.181. The predicted octanol–water partition coefficient (Wildman–Crippen LogP) is 2.22. The van der Waals surface area contributed by atoms with E-state index in [1.54, 1.807) is 7.11 Å². The highest BCUT2D eigenvalue weighted by Crippen LogP contribution is 2.24. The summed E-state index contributed by atoms with van der Waals surface area (Å²) in [5.41, 5.74) is 1.30. The number of ether oxygens (including phenoxy) is 1. The molecule has 0 bridgehead atoms. The summed E-state index contributed by atoms with van der Waals surface area (Å²) in [4.78, 5) is 0. The van der Waals surface area contributed by atoms with Crippen LogP contribution in [0.1, 0.15) is 25.5 Å². The van der Waals surface area contributed by atoms with Crippen LogP contribution < -0.4 is 5.32 Å². The molecule has 18 heavy (non-hydrogen) atoms. The van der Waals surface area contributed by atoms with Crippen LogP contribution in [-0.2, 0) is 17.7 Å².